The maximum absolute atomic E-state index is 12.7. The van der Waals surface area contributed by atoms with Crippen LogP contribution in [0.15, 0.2) is 24.5 Å². The Morgan fingerprint density at radius 3 is 2.62 bits per heavy atom. The molecule has 160 valence electrons. The van der Waals surface area contributed by atoms with Crippen LogP contribution in [0, 0.1) is 11.3 Å². The molecular weight excluding hydrogens is 366 g/mol. The van der Waals surface area contributed by atoms with Crippen LogP contribution in [0.1, 0.15) is 51.4 Å². The van der Waals surface area contributed by atoms with Gasteiger partial charge in [-0.2, -0.15) is 0 Å². The minimum absolute atomic E-state index is 0.00166. The van der Waals surface area contributed by atoms with E-state index in [-0.39, 0.29) is 30.5 Å². The summed E-state index contributed by atoms with van der Waals surface area (Å²) in [5, 5.41) is 10.1. The first kappa shape index (κ1) is 20.6. The summed E-state index contributed by atoms with van der Waals surface area (Å²) < 4.78 is 5.59. The molecule has 1 aliphatic carbocycles. The summed E-state index contributed by atoms with van der Waals surface area (Å²) in [5.41, 5.74) is 0.195. The lowest BCUT2D eigenvalue weighted by Gasteiger charge is -2.52. The molecule has 1 saturated carbocycles. The number of rotatable bonds is 5. The number of piperidine rings is 2. The van der Waals surface area contributed by atoms with Gasteiger partial charge in [0.25, 0.3) is 5.91 Å². The molecule has 3 fully saturated rings. The number of pyridine rings is 1. The van der Waals surface area contributed by atoms with Crippen molar-refractivity contribution in [1.82, 2.24) is 14.8 Å². The van der Waals surface area contributed by atoms with Gasteiger partial charge in [-0.3, -0.25) is 9.78 Å². The average Bonchev–Trinajstić information content (AvgIpc) is 2.79. The SMILES string of the molecule is O=C(COc1cccnc1)N1CCC2(CCN(C3CCCCC3)CC2)[C@@H](CO)C1. The van der Waals surface area contributed by atoms with Gasteiger partial charge < -0.3 is 19.6 Å². The van der Waals surface area contributed by atoms with Crippen LogP contribution in [0.4, 0.5) is 0 Å². The number of aliphatic hydroxyl groups excluding tert-OH is 1. The van der Waals surface area contributed by atoms with Crippen molar-refractivity contribution < 1.29 is 14.6 Å². The largest absolute Gasteiger partial charge is 0.482 e. The topological polar surface area (TPSA) is 65.9 Å². The van der Waals surface area contributed by atoms with E-state index in [1.807, 2.05) is 11.0 Å². The Hall–Kier alpha value is -1.66. The Kier molecular flexibility index (Phi) is 6.70. The van der Waals surface area contributed by atoms with E-state index in [2.05, 4.69) is 9.88 Å². The maximum Gasteiger partial charge on any atom is 0.260 e. The van der Waals surface area contributed by atoms with Gasteiger partial charge in [0.2, 0.25) is 0 Å². The van der Waals surface area contributed by atoms with Gasteiger partial charge in [-0.1, -0.05) is 19.3 Å². The number of carbonyl (C=O) groups excluding carboxylic acids is 1. The van der Waals surface area contributed by atoms with Crippen LogP contribution in [0.5, 0.6) is 5.75 Å². The summed E-state index contributed by atoms with van der Waals surface area (Å²) in [6.45, 7) is 3.92. The Morgan fingerprint density at radius 2 is 1.93 bits per heavy atom. The number of hydrogen-bond acceptors (Lipinski definition) is 5. The molecule has 1 spiro atoms. The Morgan fingerprint density at radius 1 is 1.17 bits per heavy atom. The third kappa shape index (κ3) is 4.75. The van der Waals surface area contributed by atoms with Crippen molar-refractivity contribution in [1.29, 1.82) is 0 Å². The van der Waals surface area contributed by atoms with Gasteiger partial charge in [0.1, 0.15) is 5.75 Å². The summed E-state index contributed by atoms with van der Waals surface area (Å²) in [4.78, 5) is 21.3. The normalized spacial score (nSPS) is 25.8. The standard InChI is InChI=1S/C23H35N3O3/c27-17-19-16-26(22(28)18-29-21-7-4-11-24-15-21)14-10-23(19)8-12-25(13-9-23)20-5-2-1-3-6-20/h4,7,11,15,19-20,27H,1-3,5-6,8-10,12-14,16-18H2/t19-/m1/s1. The third-order valence-electron chi connectivity index (χ3n) is 7.64. The Balaban J connectivity index is 1.30. The van der Waals surface area contributed by atoms with E-state index in [0.29, 0.717) is 12.3 Å². The predicted molar refractivity (Wildman–Crippen MR) is 112 cm³/mol. The van der Waals surface area contributed by atoms with Gasteiger partial charge in [-0.15, -0.1) is 0 Å². The first-order chi connectivity index (χ1) is 14.2. The van der Waals surface area contributed by atoms with Crippen LogP contribution in [0.3, 0.4) is 0 Å². The van der Waals surface area contributed by atoms with Crippen molar-refractivity contribution in [2.24, 2.45) is 11.3 Å². The predicted octanol–water partition coefficient (Wildman–Crippen LogP) is 2.72. The molecule has 2 aliphatic heterocycles. The van der Waals surface area contributed by atoms with E-state index in [1.165, 1.54) is 32.1 Å². The molecule has 1 atom stereocenters. The fourth-order valence-electron chi connectivity index (χ4n) is 5.70. The minimum Gasteiger partial charge on any atom is -0.482 e. The molecule has 6 heteroatoms. The van der Waals surface area contributed by atoms with Gasteiger partial charge in [-0.05, 0) is 62.7 Å². The quantitative estimate of drug-likeness (QED) is 0.822. The van der Waals surface area contributed by atoms with E-state index >= 15 is 0 Å². The second-order valence-corrected chi connectivity index (χ2v) is 9.14. The van der Waals surface area contributed by atoms with E-state index in [0.717, 1.165) is 44.9 Å². The van der Waals surface area contributed by atoms with Gasteiger partial charge in [0, 0.05) is 37.9 Å². The first-order valence-electron chi connectivity index (χ1n) is 11.4. The molecule has 1 N–H and O–H groups in total. The first-order valence-corrected chi connectivity index (χ1v) is 11.4. The number of carbonyl (C=O) groups is 1. The Bertz CT molecular complexity index is 655. The molecule has 0 aromatic carbocycles. The number of ether oxygens (including phenoxy) is 1. The summed E-state index contributed by atoms with van der Waals surface area (Å²) in [7, 11) is 0. The lowest BCUT2D eigenvalue weighted by molar-refractivity contribution is -0.140. The van der Waals surface area contributed by atoms with Crippen LogP contribution in [-0.2, 0) is 4.79 Å². The van der Waals surface area contributed by atoms with Crippen molar-refractivity contribution in [2.45, 2.75) is 57.4 Å². The number of nitrogens with zero attached hydrogens (tertiary/aromatic N) is 3. The highest BCUT2D eigenvalue weighted by Gasteiger charge is 2.46. The van der Waals surface area contributed by atoms with Gasteiger partial charge in [-0.25, -0.2) is 0 Å². The van der Waals surface area contributed by atoms with Crippen LogP contribution >= 0.6 is 0 Å². The number of amides is 1. The van der Waals surface area contributed by atoms with Crippen LogP contribution in [0.25, 0.3) is 0 Å². The van der Waals surface area contributed by atoms with E-state index < -0.39 is 0 Å². The maximum atomic E-state index is 12.7. The van der Waals surface area contributed by atoms with Crippen molar-refractivity contribution in [3.8, 4) is 5.75 Å². The highest BCUT2D eigenvalue weighted by atomic mass is 16.5. The molecular formula is C23H35N3O3. The number of aromatic nitrogens is 1. The lowest BCUT2D eigenvalue weighted by Crippen LogP contribution is -2.56. The zero-order chi connectivity index (χ0) is 20.1. The van der Waals surface area contributed by atoms with Crippen molar-refractivity contribution >= 4 is 5.91 Å². The molecule has 2 saturated heterocycles. The molecule has 1 amide bonds. The smallest absolute Gasteiger partial charge is 0.260 e. The third-order valence-corrected chi connectivity index (χ3v) is 7.64. The summed E-state index contributed by atoms with van der Waals surface area (Å²) in [5.74, 6) is 0.789. The molecule has 6 nitrogen and oxygen atoms in total. The van der Waals surface area contributed by atoms with E-state index in [1.54, 1.807) is 18.5 Å². The van der Waals surface area contributed by atoms with Gasteiger partial charge in [0.15, 0.2) is 6.61 Å². The summed E-state index contributed by atoms with van der Waals surface area (Å²) >= 11 is 0. The molecule has 3 aliphatic rings. The molecule has 3 heterocycles. The molecule has 0 unspecified atom stereocenters. The fourth-order valence-corrected chi connectivity index (χ4v) is 5.70. The monoisotopic (exact) mass is 401 g/mol. The molecule has 0 bridgehead atoms. The summed E-state index contributed by atoms with van der Waals surface area (Å²) in [6, 6.07) is 4.38. The minimum atomic E-state index is 0.00166. The van der Waals surface area contributed by atoms with Crippen molar-refractivity contribution in [3.05, 3.63) is 24.5 Å². The van der Waals surface area contributed by atoms with Gasteiger partial charge in [0.05, 0.1) is 6.20 Å². The van der Waals surface area contributed by atoms with Gasteiger partial charge >= 0.3 is 0 Å². The highest BCUT2D eigenvalue weighted by Crippen LogP contribution is 2.46. The van der Waals surface area contributed by atoms with Crippen molar-refractivity contribution in [2.75, 3.05) is 39.4 Å². The summed E-state index contributed by atoms with van der Waals surface area (Å²) in [6.07, 6.45) is 13.5. The van der Waals surface area contributed by atoms with Crippen LogP contribution in [0.2, 0.25) is 0 Å². The zero-order valence-electron chi connectivity index (χ0n) is 17.5. The zero-order valence-corrected chi connectivity index (χ0v) is 17.5. The van der Waals surface area contributed by atoms with E-state index in [9.17, 15) is 9.90 Å². The number of likely N-dealkylation sites (tertiary alicyclic amines) is 2. The van der Waals surface area contributed by atoms with Crippen molar-refractivity contribution in [3.63, 3.8) is 0 Å². The number of hydrogen-bond donors (Lipinski definition) is 1. The molecule has 29 heavy (non-hydrogen) atoms. The second kappa shape index (κ2) is 9.43. The molecule has 0 radical (unpaired) electrons. The fraction of sp³-hybridized carbons (Fsp3) is 0.739. The highest BCUT2D eigenvalue weighted by molar-refractivity contribution is 5.77. The lowest BCUT2D eigenvalue weighted by atomic mass is 9.64. The molecule has 4 rings (SSSR count). The van der Waals surface area contributed by atoms with E-state index in [4.69, 9.17) is 4.74 Å². The molecule has 1 aromatic heterocycles. The Labute approximate surface area is 174 Å². The molecule has 1 aromatic rings. The second-order valence-electron chi connectivity index (χ2n) is 9.14. The van der Waals surface area contributed by atoms with Crippen LogP contribution < -0.4 is 4.74 Å². The van der Waals surface area contributed by atoms with Crippen LogP contribution in [-0.4, -0.2) is 71.2 Å². The average molecular weight is 402 g/mol. The number of aliphatic hydroxyl groups is 1.